The number of imidazole rings is 1. The number of aryl methyl sites for hydroxylation is 1. The molecule has 1 unspecified atom stereocenters. The van der Waals surface area contributed by atoms with Crippen LogP contribution >= 0.6 is 11.6 Å². The van der Waals surface area contributed by atoms with Gasteiger partial charge in [0, 0.05) is 36.1 Å². The summed E-state index contributed by atoms with van der Waals surface area (Å²) in [5.74, 6) is 1.10. The third kappa shape index (κ3) is 3.26. The van der Waals surface area contributed by atoms with Crippen LogP contribution in [0.1, 0.15) is 30.7 Å². The molecule has 1 saturated heterocycles. The van der Waals surface area contributed by atoms with Gasteiger partial charge in [0.15, 0.2) is 0 Å². The molecule has 2 aromatic carbocycles. The van der Waals surface area contributed by atoms with Crippen LogP contribution in [-0.4, -0.2) is 22.0 Å². The molecule has 1 aliphatic heterocycles. The molecular formula is C22H22ClN3O. The molecule has 0 radical (unpaired) electrons. The van der Waals surface area contributed by atoms with Gasteiger partial charge in [0.2, 0.25) is 5.91 Å². The third-order valence-corrected chi connectivity index (χ3v) is 5.48. The van der Waals surface area contributed by atoms with Gasteiger partial charge in [-0.1, -0.05) is 42.0 Å². The van der Waals surface area contributed by atoms with Crippen LogP contribution in [0.4, 0.5) is 5.69 Å². The lowest BCUT2D eigenvalue weighted by Gasteiger charge is -2.18. The highest BCUT2D eigenvalue weighted by molar-refractivity contribution is 6.31. The Balaban J connectivity index is 1.71. The summed E-state index contributed by atoms with van der Waals surface area (Å²) in [4.78, 5) is 19.4. The molecule has 0 N–H and O–H groups in total. The number of anilines is 1. The van der Waals surface area contributed by atoms with Crippen molar-refractivity contribution in [2.45, 2.75) is 32.7 Å². The first-order chi connectivity index (χ1) is 12.9. The largest absolute Gasteiger partial charge is 0.324 e. The molecule has 5 heteroatoms. The first-order valence-corrected chi connectivity index (χ1v) is 9.48. The lowest BCUT2D eigenvalue weighted by atomic mass is 10.1. The van der Waals surface area contributed by atoms with E-state index in [0.29, 0.717) is 24.5 Å². The standard InChI is InChI=1S/C22H22ClN3O/c1-14(2)12-26-20-7-5-4-6-19(20)24-22(26)16-10-21(27)25(13-16)17-9-8-15(3)18(23)11-17/h4-9,11,16H,1,10,12-13H2,2-3H3. The summed E-state index contributed by atoms with van der Waals surface area (Å²) in [7, 11) is 0. The number of carbonyl (C=O) groups is 1. The van der Waals surface area contributed by atoms with E-state index in [0.717, 1.165) is 33.7 Å². The molecule has 0 bridgehead atoms. The molecule has 3 aromatic rings. The molecule has 1 atom stereocenters. The van der Waals surface area contributed by atoms with Gasteiger partial charge in [-0.15, -0.1) is 0 Å². The number of fused-ring (bicyclic) bond motifs is 1. The molecule has 1 fully saturated rings. The Labute approximate surface area is 164 Å². The average Bonchev–Trinajstić information content (AvgIpc) is 3.18. The fraction of sp³-hybridized carbons (Fsp3) is 0.273. The number of amides is 1. The maximum atomic E-state index is 12.7. The van der Waals surface area contributed by atoms with Crippen molar-refractivity contribution in [3.05, 3.63) is 71.0 Å². The summed E-state index contributed by atoms with van der Waals surface area (Å²) in [5.41, 5.74) is 4.95. The van der Waals surface area contributed by atoms with Crippen molar-refractivity contribution in [2.24, 2.45) is 0 Å². The first kappa shape index (κ1) is 17.8. The molecule has 1 amide bonds. The molecule has 0 aliphatic carbocycles. The van der Waals surface area contributed by atoms with Gasteiger partial charge in [-0.2, -0.15) is 0 Å². The van der Waals surface area contributed by atoms with E-state index in [2.05, 4.69) is 17.2 Å². The highest BCUT2D eigenvalue weighted by atomic mass is 35.5. The molecule has 2 heterocycles. The highest BCUT2D eigenvalue weighted by Gasteiger charge is 2.35. The second-order valence-corrected chi connectivity index (χ2v) is 7.75. The fourth-order valence-corrected chi connectivity index (χ4v) is 3.90. The molecule has 27 heavy (non-hydrogen) atoms. The number of allylic oxidation sites excluding steroid dienone is 1. The lowest BCUT2D eigenvalue weighted by molar-refractivity contribution is -0.117. The minimum atomic E-state index is 0.0457. The second kappa shape index (κ2) is 6.86. The van der Waals surface area contributed by atoms with Crippen molar-refractivity contribution < 1.29 is 4.79 Å². The summed E-state index contributed by atoms with van der Waals surface area (Å²) in [6.45, 7) is 9.35. The normalized spacial score (nSPS) is 17.1. The zero-order valence-electron chi connectivity index (χ0n) is 15.6. The average molecular weight is 380 g/mol. The summed E-state index contributed by atoms with van der Waals surface area (Å²) in [5, 5.41) is 0.679. The van der Waals surface area contributed by atoms with Crippen molar-refractivity contribution in [2.75, 3.05) is 11.4 Å². The number of hydrogen-bond acceptors (Lipinski definition) is 2. The predicted molar refractivity (Wildman–Crippen MR) is 110 cm³/mol. The van der Waals surface area contributed by atoms with Gasteiger partial charge in [0.05, 0.1) is 11.0 Å². The Bertz CT molecular complexity index is 1050. The zero-order valence-corrected chi connectivity index (χ0v) is 16.3. The van der Waals surface area contributed by atoms with Crippen molar-refractivity contribution in [3.63, 3.8) is 0 Å². The Morgan fingerprint density at radius 1 is 1.30 bits per heavy atom. The highest BCUT2D eigenvalue weighted by Crippen LogP contribution is 2.34. The number of para-hydroxylation sites is 2. The van der Waals surface area contributed by atoms with E-state index in [1.807, 2.05) is 55.1 Å². The maximum absolute atomic E-state index is 12.7. The van der Waals surface area contributed by atoms with Crippen LogP contribution in [-0.2, 0) is 11.3 Å². The summed E-state index contributed by atoms with van der Waals surface area (Å²) >= 11 is 6.27. The summed E-state index contributed by atoms with van der Waals surface area (Å²) in [6, 6.07) is 13.9. The Morgan fingerprint density at radius 2 is 2.07 bits per heavy atom. The number of hydrogen-bond donors (Lipinski definition) is 0. The van der Waals surface area contributed by atoms with E-state index in [9.17, 15) is 4.79 Å². The fourth-order valence-electron chi connectivity index (χ4n) is 3.72. The maximum Gasteiger partial charge on any atom is 0.227 e. The van der Waals surface area contributed by atoms with Crippen molar-refractivity contribution in [1.82, 2.24) is 9.55 Å². The lowest BCUT2D eigenvalue weighted by Crippen LogP contribution is -2.24. The minimum absolute atomic E-state index is 0.0457. The molecule has 0 saturated carbocycles. The molecular weight excluding hydrogens is 358 g/mol. The van der Waals surface area contributed by atoms with E-state index in [4.69, 9.17) is 16.6 Å². The molecule has 4 rings (SSSR count). The summed E-state index contributed by atoms with van der Waals surface area (Å²) < 4.78 is 2.20. The van der Waals surface area contributed by atoms with Gasteiger partial charge in [0.25, 0.3) is 0 Å². The van der Waals surface area contributed by atoms with Crippen molar-refractivity contribution in [3.8, 4) is 0 Å². The number of rotatable bonds is 4. The summed E-state index contributed by atoms with van der Waals surface area (Å²) in [6.07, 6.45) is 0.449. The topological polar surface area (TPSA) is 38.1 Å². The predicted octanol–water partition coefficient (Wildman–Crippen LogP) is 5.09. The van der Waals surface area contributed by atoms with Crippen LogP contribution in [0.25, 0.3) is 11.0 Å². The Morgan fingerprint density at radius 3 is 2.81 bits per heavy atom. The van der Waals surface area contributed by atoms with Crippen LogP contribution < -0.4 is 4.90 Å². The second-order valence-electron chi connectivity index (χ2n) is 7.34. The molecule has 1 aliphatic rings. The minimum Gasteiger partial charge on any atom is -0.324 e. The number of benzene rings is 2. The van der Waals surface area contributed by atoms with Crippen LogP contribution in [0.15, 0.2) is 54.6 Å². The van der Waals surface area contributed by atoms with Gasteiger partial charge in [-0.05, 0) is 43.7 Å². The van der Waals surface area contributed by atoms with Crippen LogP contribution in [0, 0.1) is 6.92 Å². The van der Waals surface area contributed by atoms with Crippen LogP contribution in [0.5, 0.6) is 0 Å². The van der Waals surface area contributed by atoms with Gasteiger partial charge < -0.3 is 9.47 Å². The molecule has 1 aromatic heterocycles. The SMILES string of the molecule is C=C(C)Cn1c(C2CC(=O)N(c3ccc(C)c(Cl)c3)C2)nc2ccccc21. The first-order valence-electron chi connectivity index (χ1n) is 9.10. The van der Waals surface area contributed by atoms with Crippen LogP contribution in [0.2, 0.25) is 5.02 Å². The number of nitrogens with zero attached hydrogens (tertiary/aromatic N) is 3. The Kier molecular flexibility index (Phi) is 4.52. The van der Waals surface area contributed by atoms with E-state index in [1.54, 1.807) is 0 Å². The van der Waals surface area contributed by atoms with Crippen molar-refractivity contribution in [1.29, 1.82) is 0 Å². The van der Waals surface area contributed by atoms with Crippen LogP contribution in [0.3, 0.4) is 0 Å². The monoisotopic (exact) mass is 379 g/mol. The molecule has 138 valence electrons. The van der Waals surface area contributed by atoms with Gasteiger partial charge in [0.1, 0.15) is 5.82 Å². The molecule has 4 nitrogen and oxygen atoms in total. The van der Waals surface area contributed by atoms with E-state index in [1.165, 1.54) is 0 Å². The quantitative estimate of drug-likeness (QED) is 0.592. The third-order valence-electron chi connectivity index (χ3n) is 5.07. The van der Waals surface area contributed by atoms with Gasteiger partial charge in [-0.3, -0.25) is 4.79 Å². The number of aromatic nitrogens is 2. The zero-order chi connectivity index (χ0) is 19.1. The smallest absolute Gasteiger partial charge is 0.227 e. The Hall–Kier alpha value is -2.59. The number of carbonyl (C=O) groups excluding carboxylic acids is 1. The van der Waals surface area contributed by atoms with E-state index in [-0.39, 0.29) is 11.8 Å². The van der Waals surface area contributed by atoms with Gasteiger partial charge >= 0.3 is 0 Å². The number of halogens is 1. The van der Waals surface area contributed by atoms with E-state index < -0.39 is 0 Å². The van der Waals surface area contributed by atoms with Gasteiger partial charge in [-0.25, -0.2) is 4.98 Å². The van der Waals surface area contributed by atoms with Crippen molar-refractivity contribution >= 4 is 34.2 Å². The van der Waals surface area contributed by atoms with E-state index >= 15 is 0 Å². The molecule has 0 spiro atoms.